The summed E-state index contributed by atoms with van der Waals surface area (Å²) in [6.45, 7) is 4.21. The molecule has 116 valence electrons. The van der Waals surface area contributed by atoms with Crippen LogP contribution in [0.5, 0.6) is 0 Å². The largest absolute Gasteiger partial charge is 0.310 e. The summed E-state index contributed by atoms with van der Waals surface area (Å²) >= 11 is 0. The SMILES string of the molecule is C/C(=C\c1ccccc1)CNC1CCN(S(C)(=O)=O)CC1. The van der Waals surface area contributed by atoms with E-state index >= 15 is 0 Å². The molecule has 0 radical (unpaired) electrons. The third-order valence-electron chi connectivity index (χ3n) is 3.81. The molecule has 1 fully saturated rings. The number of hydrogen-bond acceptors (Lipinski definition) is 3. The Morgan fingerprint density at radius 1 is 1.29 bits per heavy atom. The van der Waals surface area contributed by atoms with Crippen molar-refractivity contribution in [3.8, 4) is 0 Å². The van der Waals surface area contributed by atoms with Crippen LogP contribution in [0.15, 0.2) is 35.9 Å². The first-order chi connectivity index (χ1) is 9.95. The second-order valence-electron chi connectivity index (χ2n) is 5.72. The zero-order valence-electron chi connectivity index (χ0n) is 12.7. The van der Waals surface area contributed by atoms with Gasteiger partial charge >= 0.3 is 0 Å². The summed E-state index contributed by atoms with van der Waals surface area (Å²) in [5, 5.41) is 3.52. The lowest BCUT2D eigenvalue weighted by molar-refractivity contribution is 0.295. The predicted molar refractivity (Wildman–Crippen MR) is 87.5 cm³/mol. The number of benzene rings is 1. The van der Waals surface area contributed by atoms with Crippen LogP contribution >= 0.6 is 0 Å². The van der Waals surface area contributed by atoms with E-state index < -0.39 is 10.0 Å². The third kappa shape index (κ3) is 5.26. The van der Waals surface area contributed by atoms with E-state index in [1.165, 1.54) is 17.4 Å². The van der Waals surface area contributed by atoms with Gasteiger partial charge in [0.15, 0.2) is 0 Å². The molecule has 0 aromatic heterocycles. The molecule has 0 bridgehead atoms. The first-order valence-corrected chi connectivity index (χ1v) is 9.21. The average molecular weight is 308 g/mol. The van der Waals surface area contributed by atoms with Crippen LogP contribution in [0.1, 0.15) is 25.3 Å². The van der Waals surface area contributed by atoms with Gasteiger partial charge in [0.1, 0.15) is 0 Å². The van der Waals surface area contributed by atoms with Gasteiger partial charge in [-0.2, -0.15) is 0 Å². The van der Waals surface area contributed by atoms with Gasteiger partial charge < -0.3 is 5.32 Å². The Kier molecular flexibility index (Phi) is 5.56. The number of nitrogens with one attached hydrogen (secondary N) is 1. The van der Waals surface area contributed by atoms with Crippen LogP contribution in [0.2, 0.25) is 0 Å². The fourth-order valence-electron chi connectivity index (χ4n) is 2.58. The van der Waals surface area contributed by atoms with Crippen LogP contribution in [-0.2, 0) is 10.0 Å². The van der Waals surface area contributed by atoms with Crippen LogP contribution in [0.25, 0.3) is 6.08 Å². The molecular formula is C16H24N2O2S. The van der Waals surface area contributed by atoms with Crippen molar-refractivity contribution in [1.29, 1.82) is 0 Å². The Balaban J connectivity index is 1.78. The standard InChI is InChI=1S/C16H24N2O2S/c1-14(12-15-6-4-3-5-7-15)13-17-16-8-10-18(11-9-16)21(2,19)20/h3-7,12,16-17H,8-11,13H2,1-2H3/b14-12+. The van der Waals surface area contributed by atoms with E-state index in [1.54, 1.807) is 4.31 Å². The molecule has 1 aliphatic heterocycles. The average Bonchev–Trinajstić information content (AvgIpc) is 2.46. The van der Waals surface area contributed by atoms with Crippen LogP contribution in [0, 0.1) is 0 Å². The topological polar surface area (TPSA) is 49.4 Å². The predicted octanol–water partition coefficient (Wildman–Crippen LogP) is 2.10. The highest BCUT2D eigenvalue weighted by molar-refractivity contribution is 7.88. The zero-order valence-corrected chi connectivity index (χ0v) is 13.6. The van der Waals surface area contributed by atoms with E-state index in [4.69, 9.17) is 0 Å². The van der Waals surface area contributed by atoms with Crippen molar-refractivity contribution < 1.29 is 8.42 Å². The molecule has 1 heterocycles. The van der Waals surface area contributed by atoms with Gasteiger partial charge in [0.05, 0.1) is 6.26 Å². The summed E-state index contributed by atoms with van der Waals surface area (Å²) in [7, 11) is -3.03. The van der Waals surface area contributed by atoms with E-state index in [0.29, 0.717) is 19.1 Å². The summed E-state index contributed by atoms with van der Waals surface area (Å²) in [4.78, 5) is 0. The first kappa shape index (κ1) is 16.2. The van der Waals surface area contributed by atoms with Crippen molar-refractivity contribution in [3.63, 3.8) is 0 Å². The Morgan fingerprint density at radius 2 is 1.90 bits per heavy atom. The molecule has 0 unspecified atom stereocenters. The fourth-order valence-corrected chi connectivity index (χ4v) is 3.46. The smallest absolute Gasteiger partial charge is 0.211 e. The number of nitrogens with zero attached hydrogens (tertiary/aromatic N) is 1. The summed E-state index contributed by atoms with van der Waals surface area (Å²) in [6, 6.07) is 10.7. The van der Waals surface area contributed by atoms with Crippen molar-refractivity contribution >= 4 is 16.1 Å². The molecule has 1 aromatic carbocycles. The molecule has 1 aromatic rings. The monoisotopic (exact) mass is 308 g/mol. The third-order valence-corrected chi connectivity index (χ3v) is 5.11. The number of piperidine rings is 1. The zero-order chi connectivity index (χ0) is 15.3. The van der Waals surface area contributed by atoms with Crippen molar-refractivity contribution in [2.75, 3.05) is 25.9 Å². The first-order valence-electron chi connectivity index (χ1n) is 7.36. The molecule has 2 rings (SSSR count). The highest BCUT2D eigenvalue weighted by Gasteiger charge is 2.24. The highest BCUT2D eigenvalue weighted by Crippen LogP contribution is 2.13. The van der Waals surface area contributed by atoms with E-state index in [2.05, 4.69) is 30.4 Å². The fraction of sp³-hybridized carbons (Fsp3) is 0.500. The van der Waals surface area contributed by atoms with Gasteiger partial charge in [0.25, 0.3) is 0 Å². The number of sulfonamides is 1. The molecule has 0 atom stereocenters. The Morgan fingerprint density at radius 3 is 2.48 bits per heavy atom. The van der Waals surface area contributed by atoms with Gasteiger partial charge in [-0.1, -0.05) is 42.0 Å². The lowest BCUT2D eigenvalue weighted by Crippen LogP contribution is -2.44. The molecule has 1 aliphatic rings. The maximum Gasteiger partial charge on any atom is 0.211 e. The van der Waals surface area contributed by atoms with Crippen molar-refractivity contribution in [3.05, 3.63) is 41.5 Å². The van der Waals surface area contributed by atoms with E-state index in [1.807, 2.05) is 18.2 Å². The van der Waals surface area contributed by atoms with E-state index in [0.717, 1.165) is 19.4 Å². The van der Waals surface area contributed by atoms with E-state index in [9.17, 15) is 8.42 Å². The van der Waals surface area contributed by atoms with Crippen molar-refractivity contribution in [2.45, 2.75) is 25.8 Å². The molecule has 1 saturated heterocycles. The molecule has 1 N–H and O–H groups in total. The lowest BCUT2D eigenvalue weighted by atomic mass is 10.1. The summed E-state index contributed by atoms with van der Waals surface area (Å²) in [5.41, 5.74) is 2.50. The van der Waals surface area contributed by atoms with Gasteiger partial charge in [0.2, 0.25) is 10.0 Å². The van der Waals surface area contributed by atoms with Crippen LogP contribution in [0.4, 0.5) is 0 Å². The van der Waals surface area contributed by atoms with Gasteiger partial charge in [-0.05, 0) is 25.3 Å². The van der Waals surface area contributed by atoms with Gasteiger partial charge in [-0.15, -0.1) is 0 Å². The number of rotatable bonds is 5. The second-order valence-corrected chi connectivity index (χ2v) is 7.70. The summed E-state index contributed by atoms with van der Waals surface area (Å²) in [5.74, 6) is 0. The quantitative estimate of drug-likeness (QED) is 0.906. The van der Waals surface area contributed by atoms with Crippen LogP contribution < -0.4 is 5.32 Å². The minimum Gasteiger partial charge on any atom is -0.310 e. The van der Waals surface area contributed by atoms with Crippen molar-refractivity contribution in [2.24, 2.45) is 0 Å². The highest BCUT2D eigenvalue weighted by atomic mass is 32.2. The molecular weight excluding hydrogens is 284 g/mol. The van der Waals surface area contributed by atoms with Crippen LogP contribution in [-0.4, -0.2) is 44.7 Å². The minimum absolute atomic E-state index is 0.405. The molecule has 4 nitrogen and oxygen atoms in total. The maximum absolute atomic E-state index is 11.5. The number of hydrogen-bond donors (Lipinski definition) is 1. The molecule has 0 aliphatic carbocycles. The van der Waals surface area contributed by atoms with Crippen molar-refractivity contribution in [1.82, 2.24) is 9.62 Å². The Labute approximate surface area is 127 Å². The van der Waals surface area contributed by atoms with Gasteiger partial charge in [-0.3, -0.25) is 0 Å². The minimum atomic E-state index is -3.03. The molecule has 5 heteroatoms. The molecule has 0 amide bonds. The molecule has 0 saturated carbocycles. The Hall–Kier alpha value is -1.17. The summed E-state index contributed by atoms with van der Waals surface area (Å²) < 4.78 is 24.5. The maximum atomic E-state index is 11.5. The lowest BCUT2D eigenvalue weighted by Gasteiger charge is -2.30. The van der Waals surface area contributed by atoms with Crippen LogP contribution in [0.3, 0.4) is 0 Å². The Bertz CT molecular complexity index is 574. The van der Waals surface area contributed by atoms with E-state index in [-0.39, 0.29) is 0 Å². The second kappa shape index (κ2) is 7.20. The molecule has 21 heavy (non-hydrogen) atoms. The normalized spacial score (nSPS) is 18.9. The molecule has 0 spiro atoms. The van der Waals surface area contributed by atoms with Gasteiger partial charge in [0, 0.05) is 25.7 Å². The van der Waals surface area contributed by atoms with Gasteiger partial charge in [-0.25, -0.2) is 12.7 Å². The summed E-state index contributed by atoms with van der Waals surface area (Å²) in [6.07, 6.45) is 5.23.